The number of fused-ring (bicyclic) bond motifs is 1. The average Bonchev–Trinajstić information content (AvgIpc) is 3.24. The molecule has 2 aromatic carbocycles. The zero-order valence-electron chi connectivity index (χ0n) is 18.2. The summed E-state index contributed by atoms with van der Waals surface area (Å²) in [6, 6.07) is 17.6. The Bertz CT molecular complexity index is 1260. The number of ether oxygens (including phenoxy) is 1. The highest BCUT2D eigenvalue weighted by Crippen LogP contribution is 2.30. The lowest BCUT2D eigenvalue weighted by molar-refractivity contribution is -0.130. The summed E-state index contributed by atoms with van der Waals surface area (Å²) in [6.07, 6.45) is 1.75. The van der Waals surface area contributed by atoms with Gasteiger partial charge in [0.25, 0.3) is 5.56 Å². The molecule has 0 spiro atoms. The monoisotopic (exact) mass is 447 g/mol. The first-order valence-corrected chi connectivity index (χ1v) is 11.4. The maximum atomic E-state index is 13.1. The molecule has 0 atom stereocenters. The molecule has 0 aliphatic heterocycles. The largest absolute Gasteiger partial charge is 0.492 e. The number of carbonyl (C=O) groups is 1. The molecule has 2 aromatic heterocycles. The van der Waals surface area contributed by atoms with Crippen molar-refractivity contribution >= 4 is 27.5 Å². The van der Waals surface area contributed by atoms with E-state index in [0.717, 1.165) is 16.9 Å². The molecule has 2 heterocycles. The predicted octanol–water partition coefficient (Wildman–Crippen LogP) is 4.36. The van der Waals surface area contributed by atoms with Crippen molar-refractivity contribution in [1.29, 1.82) is 0 Å². The van der Waals surface area contributed by atoms with Gasteiger partial charge in [0, 0.05) is 31.0 Å². The van der Waals surface area contributed by atoms with Crippen molar-refractivity contribution in [3.05, 3.63) is 82.2 Å². The van der Waals surface area contributed by atoms with Crippen LogP contribution in [0, 0.1) is 6.92 Å². The second-order valence-corrected chi connectivity index (χ2v) is 8.52. The van der Waals surface area contributed by atoms with Crippen LogP contribution in [0.4, 0.5) is 0 Å². The van der Waals surface area contributed by atoms with Crippen molar-refractivity contribution in [2.24, 2.45) is 0 Å². The van der Waals surface area contributed by atoms with Gasteiger partial charge in [0.15, 0.2) is 0 Å². The van der Waals surface area contributed by atoms with Gasteiger partial charge in [0.05, 0.1) is 18.3 Å². The third-order valence-corrected chi connectivity index (χ3v) is 6.24. The third kappa shape index (κ3) is 4.89. The van der Waals surface area contributed by atoms with E-state index >= 15 is 0 Å². The molecule has 7 heteroatoms. The van der Waals surface area contributed by atoms with Crippen LogP contribution in [0.15, 0.2) is 71.1 Å². The second-order valence-electron chi connectivity index (χ2n) is 7.67. The normalized spacial score (nSPS) is 10.9. The Morgan fingerprint density at radius 1 is 1.12 bits per heavy atom. The standard InChI is InChI=1S/C25H25N3O3S/c1-18-8-10-19(11-9-18)21-16-32-24-23(21)25(30)28(17-26-24)13-12-22(29)27(2)14-15-31-20-6-4-3-5-7-20/h3-11,16-17H,12-15H2,1-2H3. The van der Waals surface area contributed by atoms with Crippen molar-refractivity contribution in [1.82, 2.24) is 14.5 Å². The Balaban J connectivity index is 1.41. The van der Waals surface area contributed by atoms with Gasteiger partial charge < -0.3 is 9.64 Å². The quantitative estimate of drug-likeness (QED) is 0.403. The van der Waals surface area contributed by atoms with Crippen LogP contribution >= 0.6 is 11.3 Å². The molecule has 32 heavy (non-hydrogen) atoms. The second kappa shape index (κ2) is 9.78. The van der Waals surface area contributed by atoms with Crippen molar-refractivity contribution in [2.45, 2.75) is 19.9 Å². The third-order valence-electron chi connectivity index (χ3n) is 5.35. The minimum atomic E-state index is -0.116. The van der Waals surface area contributed by atoms with E-state index in [9.17, 15) is 9.59 Å². The van der Waals surface area contributed by atoms with E-state index in [1.807, 2.05) is 66.9 Å². The summed E-state index contributed by atoms with van der Waals surface area (Å²) < 4.78 is 7.18. The van der Waals surface area contributed by atoms with Crippen LogP contribution in [0.2, 0.25) is 0 Å². The number of aromatic nitrogens is 2. The van der Waals surface area contributed by atoms with Gasteiger partial charge in [-0.05, 0) is 24.6 Å². The molecule has 0 radical (unpaired) electrons. The van der Waals surface area contributed by atoms with Crippen LogP contribution in [0.3, 0.4) is 0 Å². The van der Waals surface area contributed by atoms with Crippen molar-refractivity contribution in [2.75, 3.05) is 20.2 Å². The van der Waals surface area contributed by atoms with Gasteiger partial charge in [0.2, 0.25) is 5.91 Å². The molecular weight excluding hydrogens is 422 g/mol. The molecule has 4 aromatic rings. The number of likely N-dealkylation sites (N-methyl/N-ethyl adjacent to an activating group) is 1. The molecule has 0 fully saturated rings. The maximum absolute atomic E-state index is 13.1. The van der Waals surface area contributed by atoms with E-state index in [1.165, 1.54) is 27.8 Å². The van der Waals surface area contributed by atoms with Crippen molar-refractivity contribution in [3.63, 3.8) is 0 Å². The maximum Gasteiger partial charge on any atom is 0.262 e. The Hall–Kier alpha value is -3.45. The summed E-state index contributed by atoms with van der Waals surface area (Å²) >= 11 is 1.46. The molecular formula is C25H25N3O3S. The summed E-state index contributed by atoms with van der Waals surface area (Å²) in [5.74, 6) is 0.733. The van der Waals surface area contributed by atoms with Crippen LogP contribution in [-0.4, -0.2) is 40.6 Å². The van der Waals surface area contributed by atoms with E-state index < -0.39 is 0 Å². The number of hydrogen-bond acceptors (Lipinski definition) is 5. The molecule has 0 aliphatic carbocycles. The molecule has 0 unspecified atom stereocenters. The summed E-state index contributed by atoms with van der Waals surface area (Å²) in [6.45, 7) is 3.20. The van der Waals surface area contributed by atoms with Gasteiger partial charge >= 0.3 is 0 Å². The SMILES string of the molecule is Cc1ccc(-c2csc3ncn(CCC(=O)N(C)CCOc4ccccc4)c(=O)c23)cc1. The predicted molar refractivity (Wildman–Crippen MR) is 128 cm³/mol. The smallest absolute Gasteiger partial charge is 0.262 e. The molecule has 0 saturated carbocycles. The Morgan fingerprint density at radius 2 is 1.88 bits per heavy atom. The topological polar surface area (TPSA) is 64.4 Å². The number of hydrogen-bond donors (Lipinski definition) is 0. The van der Waals surface area contributed by atoms with E-state index in [0.29, 0.717) is 23.4 Å². The van der Waals surface area contributed by atoms with Gasteiger partial charge in [-0.25, -0.2) is 4.98 Å². The molecule has 164 valence electrons. The van der Waals surface area contributed by atoms with Gasteiger partial charge in [-0.1, -0.05) is 48.0 Å². The van der Waals surface area contributed by atoms with Crippen LogP contribution in [-0.2, 0) is 11.3 Å². The molecule has 0 aliphatic rings. The summed E-state index contributed by atoms with van der Waals surface area (Å²) in [4.78, 5) is 32.5. The zero-order chi connectivity index (χ0) is 22.5. The molecule has 4 rings (SSSR count). The Kier molecular flexibility index (Phi) is 6.66. The minimum absolute atomic E-state index is 0.0438. The van der Waals surface area contributed by atoms with Crippen LogP contribution in [0.25, 0.3) is 21.3 Å². The number of aryl methyl sites for hydroxylation is 2. The highest BCUT2D eigenvalue weighted by atomic mass is 32.1. The fourth-order valence-corrected chi connectivity index (χ4v) is 4.33. The van der Waals surface area contributed by atoms with Gasteiger partial charge in [-0.15, -0.1) is 11.3 Å². The van der Waals surface area contributed by atoms with E-state index in [1.54, 1.807) is 11.9 Å². The molecule has 0 bridgehead atoms. The summed E-state index contributed by atoms with van der Waals surface area (Å²) in [7, 11) is 1.75. The Morgan fingerprint density at radius 3 is 2.62 bits per heavy atom. The number of carbonyl (C=O) groups excluding carboxylic acids is 1. The minimum Gasteiger partial charge on any atom is -0.492 e. The number of amides is 1. The molecule has 0 saturated heterocycles. The average molecular weight is 448 g/mol. The van der Waals surface area contributed by atoms with Crippen molar-refractivity contribution in [3.8, 4) is 16.9 Å². The van der Waals surface area contributed by atoms with E-state index in [4.69, 9.17) is 4.74 Å². The van der Waals surface area contributed by atoms with Crippen molar-refractivity contribution < 1.29 is 9.53 Å². The van der Waals surface area contributed by atoms with Gasteiger partial charge in [-0.3, -0.25) is 14.2 Å². The fourth-order valence-electron chi connectivity index (χ4n) is 3.42. The van der Waals surface area contributed by atoms with Gasteiger partial charge in [0.1, 0.15) is 17.2 Å². The first-order valence-electron chi connectivity index (χ1n) is 10.5. The van der Waals surface area contributed by atoms with E-state index in [2.05, 4.69) is 4.98 Å². The lowest BCUT2D eigenvalue weighted by Gasteiger charge is -2.17. The molecule has 0 N–H and O–H groups in total. The molecule has 1 amide bonds. The highest BCUT2D eigenvalue weighted by Gasteiger charge is 2.15. The number of nitrogens with zero attached hydrogens (tertiary/aromatic N) is 3. The number of para-hydroxylation sites is 1. The van der Waals surface area contributed by atoms with Crippen LogP contribution < -0.4 is 10.3 Å². The van der Waals surface area contributed by atoms with Crippen LogP contribution in [0.1, 0.15) is 12.0 Å². The van der Waals surface area contributed by atoms with E-state index in [-0.39, 0.29) is 24.4 Å². The number of rotatable bonds is 8. The van der Waals surface area contributed by atoms with Crippen LogP contribution in [0.5, 0.6) is 5.75 Å². The first-order chi connectivity index (χ1) is 15.5. The lowest BCUT2D eigenvalue weighted by atomic mass is 10.1. The summed E-state index contributed by atoms with van der Waals surface area (Å²) in [5, 5.41) is 2.58. The fraction of sp³-hybridized carbons (Fsp3) is 0.240. The lowest BCUT2D eigenvalue weighted by Crippen LogP contribution is -2.32. The number of benzene rings is 2. The summed E-state index contributed by atoms with van der Waals surface area (Å²) in [5.41, 5.74) is 2.93. The number of thiophene rings is 1. The zero-order valence-corrected chi connectivity index (χ0v) is 19.0. The Labute approximate surface area is 190 Å². The first kappa shape index (κ1) is 21.8. The molecule has 6 nitrogen and oxygen atoms in total. The highest BCUT2D eigenvalue weighted by molar-refractivity contribution is 7.17. The van der Waals surface area contributed by atoms with Gasteiger partial charge in [-0.2, -0.15) is 0 Å².